The number of pyridine rings is 1. The number of hydrogen-bond acceptors (Lipinski definition) is 19. The molecule has 2 aromatic heterocycles. The minimum atomic E-state index is -4.86. The lowest BCUT2D eigenvalue weighted by Crippen LogP contribution is -2.52. The monoisotopic (exact) mass is 1960 g/mol. The minimum absolute atomic E-state index is 0. The summed E-state index contributed by atoms with van der Waals surface area (Å²) in [5.74, 6) is 1.21. The van der Waals surface area contributed by atoms with Gasteiger partial charge in [0.25, 0.3) is 21.8 Å². The largest absolute Gasteiger partial charge is 0.493 e. The van der Waals surface area contributed by atoms with Crippen molar-refractivity contribution in [2.75, 3.05) is 105 Å². The molecule has 0 radical (unpaired) electrons. The van der Waals surface area contributed by atoms with Crippen LogP contribution in [0.15, 0.2) is 179 Å². The summed E-state index contributed by atoms with van der Waals surface area (Å²) in [7, 11) is -4.04. The summed E-state index contributed by atoms with van der Waals surface area (Å²) in [4.78, 5) is 75.6. The number of aliphatic hydroxyl groups excluding tert-OH is 1. The van der Waals surface area contributed by atoms with Crippen molar-refractivity contribution >= 4 is 114 Å². The molecule has 132 heavy (non-hydrogen) atoms. The highest BCUT2D eigenvalue weighted by Gasteiger charge is 2.38. The Labute approximate surface area is 798 Å². The number of halogens is 11. The van der Waals surface area contributed by atoms with E-state index >= 15 is 0 Å². The molecule has 0 saturated carbocycles. The second-order valence-corrected chi connectivity index (χ2v) is 37.7. The van der Waals surface area contributed by atoms with Crippen LogP contribution in [0.25, 0.3) is 10.8 Å². The first-order valence-corrected chi connectivity index (χ1v) is 47.4. The molecule has 0 spiro atoms. The summed E-state index contributed by atoms with van der Waals surface area (Å²) in [6, 6.07) is 42.5. The Kier molecular flexibility index (Phi) is 36.6. The van der Waals surface area contributed by atoms with Gasteiger partial charge in [0.1, 0.15) is 52.9 Å². The highest BCUT2D eigenvalue weighted by atomic mass is 35.5. The number of carbonyl (C=O) groups excluding carboxylic acids is 4. The fourth-order valence-corrected chi connectivity index (χ4v) is 18.3. The molecule has 25 nitrogen and oxygen atoms in total. The van der Waals surface area contributed by atoms with Crippen molar-refractivity contribution in [1.82, 2.24) is 59.9 Å². The number of likely N-dealkylation sites (tertiary alicyclic amines) is 6. The van der Waals surface area contributed by atoms with Crippen molar-refractivity contribution < 1.29 is 77.9 Å². The molecule has 0 bridgehead atoms. The number of piperidine rings is 5. The van der Waals surface area contributed by atoms with E-state index in [1.54, 1.807) is 84.6 Å². The summed E-state index contributed by atoms with van der Waals surface area (Å²) < 4.78 is 117. The molecule has 6 fully saturated rings. The number of H-pyrrole nitrogens is 1. The van der Waals surface area contributed by atoms with Crippen LogP contribution in [0.1, 0.15) is 131 Å². The molecule has 37 heteroatoms. The predicted octanol–water partition coefficient (Wildman–Crippen LogP) is 18.0. The van der Waals surface area contributed by atoms with Crippen molar-refractivity contribution in [3.05, 3.63) is 261 Å². The average molecular weight is 1970 g/mol. The number of nitrogens with one attached hydrogen (secondary N) is 4. The fourth-order valence-electron chi connectivity index (χ4n) is 16.4. The van der Waals surface area contributed by atoms with Crippen LogP contribution in [0.4, 0.5) is 26.7 Å². The van der Waals surface area contributed by atoms with Gasteiger partial charge in [-0.3, -0.25) is 29.0 Å². The molecular weight excluding hydrogens is 1850 g/mol. The minimum Gasteiger partial charge on any atom is -0.493 e. The number of aromatic nitrogens is 3. The molecule has 3 atom stereocenters. The number of nitriles is 1. The van der Waals surface area contributed by atoms with E-state index in [1.807, 2.05) is 54.3 Å². The number of sulfonamides is 1. The Hall–Kier alpha value is -9.92. The Morgan fingerprint density at radius 1 is 0.636 bits per heavy atom. The highest BCUT2D eigenvalue weighted by molar-refractivity contribution is 7.90. The smallest absolute Gasteiger partial charge is 0.417 e. The van der Waals surface area contributed by atoms with Gasteiger partial charge in [-0.05, 0) is 216 Å². The van der Waals surface area contributed by atoms with Crippen LogP contribution in [-0.2, 0) is 27.5 Å². The first kappa shape index (κ1) is 101. The molecule has 15 rings (SSSR count). The maximum Gasteiger partial charge on any atom is 0.417 e. The Morgan fingerprint density at radius 2 is 1.23 bits per heavy atom. The summed E-state index contributed by atoms with van der Waals surface area (Å²) >= 11 is 36.4. The van der Waals surface area contributed by atoms with Crippen molar-refractivity contribution in [2.24, 2.45) is 5.92 Å². The molecule has 5 N–H and O–H groups in total. The van der Waals surface area contributed by atoms with E-state index in [2.05, 4.69) is 64.3 Å². The topological polar surface area (TPSA) is 298 Å². The number of carbonyl (C=O) groups is 4. The zero-order valence-electron chi connectivity index (χ0n) is 73.0. The number of amides is 5. The molecule has 9 aromatic rings. The van der Waals surface area contributed by atoms with Gasteiger partial charge in [0, 0.05) is 162 Å². The third-order valence-corrected chi connectivity index (χ3v) is 27.3. The lowest BCUT2D eigenvalue weighted by Gasteiger charge is -2.41. The SMILES string of the molecule is C[C@H](COc1cccc(C#N)c1)CN1CCC(Oc2ccc(Cl)c(Cl)c2)CC1.Cc1c(Cl)ccc(OC2CCN(C[C@H](O)CNC(=O)c3c[nH]c(=O)cc3C(F)(F)F)CC2)c1Cl.Cc1ccc(C(=O)N2CCC(=CC(=O)N[C@@H]3CCN(Cc4ccc5cc(F)ccc5c4)C3)CC2)nn1.O=C(NS(=O)(=O)c1ccc(F)cc1)N1CCC(N2CCC(Oc3ccc(Cl)c(Cl)c3)CC2)CC1.[HH].[HH].[HH]. The second-order valence-electron chi connectivity index (χ2n) is 33.6. The first-order valence-electron chi connectivity index (χ1n) is 43.6. The lowest BCUT2D eigenvalue weighted by atomic mass is 9.99. The standard InChI is InChI=1S/C28H30FN5O2.C23H26Cl2FN3O4S.C22H24Cl2F3N3O4.C22H24Cl2N2O2.3H2/c1-19-2-7-26(32-31-19)28(36)34-12-8-20(9-13-34)15-27(35)30-25-10-11-33(18-25)17-21-3-4-23-16-24(29)6-5-22(23)14-21;24-21-6-3-19(15-22(21)25)33-18-9-13-28(14-10-18)17-7-11-29(12-8-17)23(30)27-34(31,32)20-4-1-16(26)2-5-20;1-12-17(23)2-3-18(20(12)24)34-14-4-6-30(7-5-14)11-13(31)9-29-21(33)15-10-28-19(32)8-16(15)22(25,26)27;1-16(15-27-19-4-2-3-17(11-19)13-25)14-26-9-7-18(8-10-26)28-20-5-6-21(23)22(24)12-20;;;/h2-7,14-16,25H,8-13,17-18H2,1H3,(H,30,35);1-6,15,17-18H,7-14H2,(H,27,30);2-3,8,10,13-14,31H,4-7,9,11H2,1H3,(H,28,32)(H,29,33);2-6,11-12,16,18H,7-10,14-15H2,1H3;3*1H/t25-;;13-;16-;;;/m1.10.../s1. The number of aliphatic hydroxyl groups is 1. The van der Waals surface area contributed by atoms with Gasteiger partial charge in [-0.15, -0.1) is 5.10 Å². The maximum atomic E-state index is 13.4. The summed E-state index contributed by atoms with van der Waals surface area (Å²) in [5, 5.41) is 37.6. The number of hydrogen-bond donors (Lipinski definition) is 5. The molecule has 0 unspecified atom stereocenters. The van der Waals surface area contributed by atoms with E-state index in [4.69, 9.17) is 93.8 Å². The van der Waals surface area contributed by atoms with E-state index in [0.29, 0.717) is 149 Å². The van der Waals surface area contributed by atoms with Gasteiger partial charge in [-0.2, -0.15) is 23.5 Å². The molecule has 6 saturated heterocycles. The van der Waals surface area contributed by atoms with Crippen LogP contribution in [0.2, 0.25) is 30.1 Å². The number of alkyl halides is 3. The third kappa shape index (κ3) is 30.0. The van der Waals surface area contributed by atoms with Gasteiger partial charge < -0.3 is 59.3 Å². The summed E-state index contributed by atoms with van der Waals surface area (Å²) in [5.41, 5.74) is 1.73. The molecule has 7 aromatic carbocycles. The van der Waals surface area contributed by atoms with E-state index in [9.17, 15) is 59.4 Å². The van der Waals surface area contributed by atoms with Crippen LogP contribution in [0, 0.1) is 42.7 Å². The number of β-amino-alcohol motifs (C(OH)–C–C–N with tert-alkyl or cyclic N) is 1. The van der Waals surface area contributed by atoms with E-state index in [1.165, 1.54) is 16.5 Å². The number of ether oxygens (including phenoxy) is 4. The molecule has 8 heterocycles. The average Bonchev–Trinajstić information content (AvgIpc) is 1.71. The normalized spacial score (nSPS) is 17.5. The van der Waals surface area contributed by atoms with Crippen LogP contribution in [0.5, 0.6) is 23.0 Å². The van der Waals surface area contributed by atoms with Crippen molar-refractivity contribution in [3.8, 4) is 29.1 Å². The van der Waals surface area contributed by atoms with E-state index in [0.717, 1.165) is 161 Å². The van der Waals surface area contributed by atoms with Gasteiger partial charge >= 0.3 is 12.2 Å². The van der Waals surface area contributed by atoms with Crippen LogP contribution in [-0.4, -0.2) is 223 Å². The number of nitrogens with zero attached hydrogens (tertiary/aromatic N) is 9. The van der Waals surface area contributed by atoms with Crippen molar-refractivity contribution in [2.45, 2.75) is 146 Å². The van der Waals surface area contributed by atoms with Gasteiger partial charge in [-0.1, -0.05) is 106 Å². The number of rotatable bonds is 24. The highest BCUT2D eigenvalue weighted by Crippen LogP contribution is 2.37. The Morgan fingerprint density at radius 3 is 1.86 bits per heavy atom. The molecule has 5 amide bonds. The quantitative estimate of drug-likeness (QED) is 0.0277. The van der Waals surface area contributed by atoms with Gasteiger partial charge in [-0.25, -0.2) is 26.7 Å². The third-order valence-electron chi connectivity index (χ3n) is 23.6. The molecule has 6 aliphatic heterocycles. The van der Waals surface area contributed by atoms with Crippen LogP contribution in [0.3, 0.4) is 0 Å². The van der Waals surface area contributed by atoms with E-state index < -0.39 is 56.7 Å². The number of urea groups is 1. The number of aryl methyl sites for hydroxylation is 1. The summed E-state index contributed by atoms with van der Waals surface area (Å²) in [6.07, 6.45) is 5.73. The molecule has 6 aliphatic rings. The molecule has 710 valence electrons. The number of aromatic amines is 1. The number of fused-ring (bicyclic) bond motifs is 1. The second kappa shape index (κ2) is 47.8. The number of benzene rings is 7. The zero-order chi connectivity index (χ0) is 94.3. The van der Waals surface area contributed by atoms with Crippen LogP contribution >= 0.6 is 69.6 Å². The van der Waals surface area contributed by atoms with Gasteiger partial charge in [0.15, 0.2) is 5.69 Å². The maximum absolute atomic E-state index is 13.4. The summed E-state index contributed by atoms with van der Waals surface area (Å²) in [6.45, 7) is 17.1. The lowest BCUT2D eigenvalue weighted by molar-refractivity contribution is -0.138. The van der Waals surface area contributed by atoms with E-state index in [-0.39, 0.29) is 64.3 Å². The first-order chi connectivity index (χ1) is 63.1. The Bertz CT molecular complexity index is 5740. The predicted molar refractivity (Wildman–Crippen MR) is 505 cm³/mol. The Balaban J connectivity index is 0.000000201. The fraction of sp³-hybridized carbons (Fsp3) is 0.411. The van der Waals surface area contributed by atoms with Crippen molar-refractivity contribution in [3.63, 3.8) is 0 Å². The van der Waals surface area contributed by atoms with Crippen molar-refractivity contribution in [1.29, 1.82) is 5.26 Å². The molecular formula is C95H110Cl6F5N13O12S. The van der Waals surface area contributed by atoms with Gasteiger partial charge in [0.2, 0.25) is 11.5 Å². The van der Waals surface area contributed by atoms with Crippen LogP contribution < -0.4 is 39.9 Å². The van der Waals surface area contributed by atoms with Gasteiger partial charge in [0.05, 0.1) is 71.2 Å². The molecule has 0 aliphatic carbocycles. The zero-order valence-corrected chi connectivity index (χ0v) is 78.3.